The molecule has 1 fully saturated rings. The van der Waals surface area contributed by atoms with Gasteiger partial charge in [0.1, 0.15) is 18.0 Å². The molecule has 3 aromatic carbocycles. The highest BCUT2D eigenvalue weighted by molar-refractivity contribution is 6.42. The first-order valence-electron chi connectivity index (χ1n) is 10.8. The summed E-state index contributed by atoms with van der Waals surface area (Å²) in [6, 6.07) is 14.5. The van der Waals surface area contributed by atoms with Crippen LogP contribution in [0.5, 0.6) is 11.5 Å². The average Bonchev–Trinajstić information content (AvgIpc) is 2.83. The molecule has 1 N–H and O–H groups in total. The van der Waals surface area contributed by atoms with Crippen LogP contribution in [0.4, 0.5) is 14.9 Å². The number of nitrogens with one attached hydrogen (secondary N) is 1. The molecule has 4 amide bonds. The first-order valence-corrected chi connectivity index (χ1v) is 11.5. The summed E-state index contributed by atoms with van der Waals surface area (Å²) >= 11 is 12.6. The number of anilines is 1. The summed E-state index contributed by atoms with van der Waals surface area (Å²) < 4.78 is 25.4. The van der Waals surface area contributed by atoms with Gasteiger partial charge in [-0.1, -0.05) is 53.5 Å². The molecule has 0 bridgehead atoms. The molecule has 0 unspecified atom stereocenters. The van der Waals surface area contributed by atoms with Crippen LogP contribution in [-0.2, 0) is 16.2 Å². The van der Waals surface area contributed by atoms with Crippen LogP contribution in [0.2, 0.25) is 10.0 Å². The van der Waals surface area contributed by atoms with E-state index in [1.165, 1.54) is 36.4 Å². The molecule has 0 radical (unpaired) electrons. The number of nitrogens with zero attached hydrogens (tertiary/aromatic N) is 1. The van der Waals surface area contributed by atoms with Crippen LogP contribution in [0, 0.1) is 5.82 Å². The maximum absolute atomic E-state index is 14.0. The Hall–Kier alpha value is -3.88. The maximum atomic E-state index is 14.0. The molecule has 3 aromatic rings. The van der Waals surface area contributed by atoms with E-state index >= 15 is 0 Å². The Bertz CT molecular complexity index is 1390. The highest BCUT2D eigenvalue weighted by atomic mass is 35.5. The number of imide groups is 2. The number of ether oxygens (including phenoxy) is 2. The Kier molecular flexibility index (Phi) is 7.57. The van der Waals surface area contributed by atoms with E-state index in [1.54, 1.807) is 37.3 Å². The van der Waals surface area contributed by atoms with E-state index < -0.39 is 23.7 Å². The van der Waals surface area contributed by atoms with E-state index in [4.69, 9.17) is 32.7 Å². The molecule has 0 spiro atoms. The van der Waals surface area contributed by atoms with E-state index in [0.717, 1.165) is 4.90 Å². The summed E-state index contributed by atoms with van der Waals surface area (Å²) in [5, 5.41) is 2.42. The lowest BCUT2D eigenvalue weighted by molar-refractivity contribution is -0.122. The zero-order valence-corrected chi connectivity index (χ0v) is 20.4. The van der Waals surface area contributed by atoms with E-state index in [-0.39, 0.29) is 46.0 Å². The smallest absolute Gasteiger partial charge is 0.335 e. The van der Waals surface area contributed by atoms with E-state index in [0.29, 0.717) is 11.1 Å². The van der Waals surface area contributed by atoms with Crippen molar-refractivity contribution in [2.24, 2.45) is 0 Å². The summed E-state index contributed by atoms with van der Waals surface area (Å²) in [5.41, 5.74) is 0.489. The fourth-order valence-corrected chi connectivity index (χ4v) is 4.01. The highest BCUT2D eigenvalue weighted by Gasteiger charge is 2.37. The Morgan fingerprint density at radius 1 is 0.972 bits per heavy atom. The van der Waals surface area contributed by atoms with Crippen molar-refractivity contribution >= 4 is 52.8 Å². The minimum Gasteiger partial charge on any atom is -0.490 e. The first kappa shape index (κ1) is 25.2. The number of rotatable bonds is 7. The molecule has 0 atom stereocenters. The number of benzene rings is 3. The van der Waals surface area contributed by atoms with Crippen molar-refractivity contribution in [1.82, 2.24) is 5.32 Å². The van der Waals surface area contributed by atoms with Gasteiger partial charge in [-0.3, -0.25) is 14.9 Å². The zero-order valence-electron chi connectivity index (χ0n) is 18.9. The Balaban J connectivity index is 1.68. The monoisotopic (exact) mass is 528 g/mol. The predicted octanol–water partition coefficient (Wildman–Crippen LogP) is 5.78. The van der Waals surface area contributed by atoms with Gasteiger partial charge in [-0.2, -0.15) is 0 Å². The fourth-order valence-electron chi connectivity index (χ4n) is 3.52. The Morgan fingerprint density at radius 3 is 2.42 bits per heavy atom. The quantitative estimate of drug-likeness (QED) is 0.310. The van der Waals surface area contributed by atoms with Gasteiger partial charge >= 0.3 is 6.03 Å². The molecule has 10 heteroatoms. The highest BCUT2D eigenvalue weighted by Crippen LogP contribution is 2.38. The standard InChI is InChI=1S/C26H19Cl2FN2O5/c1-2-35-22-13-15(12-19(28)23(22)36-14-16-7-3-5-9-20(16)29)11-17-24(32)30-26(34)31(25(17)33)21-10-6-4-8-18(21)27/h3-13H,2,14H2,1H3,(H,30,32,34)/b17-11+. The summed E-state index contributed by atoms with van der Waals surface area (Å²) in [7, 11) is 0. The van der Waals surface area contributed by atoms with E-state index in [2.05, 4.69) is 5.32 Å². The summed E-state index contributed by atoms with van der Waals surface area (Å²) in [6.45, 7) is 1.92. The van der Waals surface area contributed by atoms with Crippen molar-refractivity contribution in [2.45, 2.75) is 13.5 Å². The van der Waals surface area contributed by atoms with Crippen molar-refractivity contribution in [1.29, 1.82) is 0 Å². The largest absolute Gasteiger partial charge is 0.490 e. The molecule has 184 valence electrons. The van der Waals surface area contributed by atoms with Gasteiger partial charge in [-0.15, -0.1) is 0 Å². The second-order valence-corrected chi connectivity index (χ2v) is 8.37. The van der Waals surface area contributed by atoms with Gasteiger partial charge in [-0.25, -0.2) is 14.1 Å². The van der Waals surface area contributed by atoms with Gasteiger partial charge in [-0.05, 0) is 48.9 Å². The summed E-state index contributed by atoms with van der Waals surface area (Å²) in [6.07, 6.45) is 1.28. The molecule has 36 heavy (non-hydrogen) atoms. The van der Waals surface area contributed by atoms with Crippen molar-refractivity contribution in [3.8, 4) is 11.5 Å². The average molecular weight is 529 g/mol. The molecular weight excluding hydrogens is 510 g/mol. The van der Waals surface area contributed by atoms with Crippen molar-refractivity contribution in [2.75, 3.05) is 11.5 Å². The van der Waals surface area contributed by atoms with Crippen LogP contribution in [0.25, 0.3) is 6.08 Å². The van der Waals surface area contributed by atoms with Crippen molar-refractivity contribution in [3.05, 3.63) is 93.2 Å². The molecule has 0 aliphatic carbocycles. The number of urea groups is 1. The lowest BCUT2D eigenvalue weighted by Gasteiger charge is -2.27. The van der Waals surface area contributed by atoms with Gasteiger partial charge in [0.2, 0.25) is 0 Å². The lowest BCUT2D eigenvalue weighted by atomic mass is 10.1. The number of para-hydroxylation sites is 1. The number of amides is 4. The van der Waals surface area contributed by atoms with Gasteiger partial charge < -0.3 is 9.47 Å². The minimum atomic E-state index is -0.917. The lowest BCUT2D eigenvalue weighted by Crippen LogP contribution is -2.54. The third kappa shape index (κ3) is 5.19. The number of hydrogen-bond donors (Lipinski definition) is 1. The molecular formula is C26H19Cl2FN2O5. The number of carbonyl (C=O) groups is 3. The van der Waals surface area contributed by atoms with E-state index in [9.17, 15) is 18.8 Å². The first-order chi connectivity index (χ1) is 17.3. The SMILES string of the molecule is CCOc1cc(/C=C2\C(=O)NC(=O)N(c3ccccc3Cl)C2=O)cc(Cl)c1OCc1ccccc1F. The van der Waals surface area contributed by atoms with Crippen LogP contribution in [0.15, 0.2) is 66.2 Å². The molecule has 1 saturated heterocycles. The fraction of sp³-hybridized carbons (Fsp3) is 0.115. The van der Waals surface area contributed by atoms with Gasteiger partial charge in [0.05, 0.1) is 22.3 Å². The number of carbonyl (C=O) groups excluding carboxylic acids is 3. The third-order valence-corrected chi connectivity index (χ3v) is 5.77. The normalized spacial score (nSPS) is 14.7. The molecule has 0 aromatic heterocycles. The Labute approximate surface area is 216 Å². The van der Waals surface area contributed by atoms with Crippen LogP contribution in [0.3, 0.4) is 0 Å². The summed E-state index contributed by atoms with van der Waals surface area (Å²) in [5.74, 6) is -1.74. The molecule has 1 aliphatic rings. The minimum absolute atomic E-state index is 0.0945. The molecule has 1 heterocycles. The summed E-state index contributed by atoms with van der Waals surface area (Å²) in [4.78, 5) is 38.9. The number of barbiturate groups is 1. The van der Waals surface area contributed by atoms with Gasteiger partial charge in [0.15, 0.2) is 11.5 Å². The van der Waals surface area contributed by atoms with Crippen molar-refractivity contribution in [3.63, 3.8) is 0 Å². The van der Waals surface area contributed by atoms with Crippen LogP contribution >= 0.6 is 23.2 Å². The predicted molar refractivity (Wildman–Crippen MR) is 134 cm³/mol. The van der Waals surface area contributed by atoms with Gasteiger partial charge in [0, 0.05) is 5.56 Å². The topological polar surface area (TPSA) is 84.9 Å². The second kappa shape index (κ2) is 10.8. The van der Waals surface area contributed by atoms with E-state index in [1.807, 2.05) is 0 Å². The van der Waals surface area contributed by atoms with Gasteiger partial charge in [0.25, 0.3) is 11.8 Å². The molecule has 0 saturated carbocycles. The zero-order chi connectivity index (χ0) is 25.8. The number of halogens is 3. The molecule has 1 aliphatic heterocycles. The van der Waals surface area contributed by atoms with Crippen LogP contribution in [0.1, 0.15) is 18.1 Å². The molecule has 4 rings (SSSR count). The van der Waals surface area contributed by atoms with Crippen molar-refractivity contribution < 1.29 is 28.2 Å². The van der Waals surface area contributed by atoms with Crippen LogP contribution in [-0.4, -0.2) is 24.5 Å². The third-order valence-electron chi connectivity index (χ3n) is 5.17. The molecule has 7 nitrogen and oxygen atoms in total. The van der Waals surface area contributed by atoms with Crippen LogP contribution < -0.4 is 19.7 Å². The maximum Gasteiger partial charge on any atom is 0.335 e. The number of hydrogen-bond acceptors (Lipinski definition) is 5. The Morgan fingerprint density at radius 2 is 1.69 bits per heavy atom. The second-order valence-electron chi connectivity index (χ2n) is 7.55.